The second-order valence-corrected chi connectivity index (χ2v) is 5.94. The van der Waals surface area contributed by atoms with Gasteiger partial charge in [0.05, 0.1) is 13.0 Å². The number of carbonyl (C=O) groups excluding carboxylic acids is 1. The summed E-state index contributed by atoms with van der Waals surface area (Å²) in [5, 5.41) is 11.0. The monoisotopic (exact) mass is 501 g/mol. The standard InChI is InChI=1S/C17H26F3N5O.HI/c1-4-21-15(22-10-9-17(18,19)20)23-11-13-5-7-14(8-6-13)25-16(26)24-12(2)3;/h5-8,12H,4,9-11H2,1-3H3,(H2,21,22,23)(H2,24,25,26);1H. The second kappa shape index (κ2) is 12.6. The van der Waals surface area contributed by atoms with E-state index in [1.54, 1.807) is 24.3 Å². The normalized spacial score (nSPS) is 11.6. The minimum atomic E-state index is -4.20. The summed E-state index contributed by atoms with van der Waals surface area (Å²) in [6.45, 7) is 6.19. The maximum absolute atomic E-state index is 12.2. The molecule has 0 atom stereocenters. The molecule has 0 aliphatic rings. The van der Waals surface area contributed by atoms with E-state index >= 15 is 0 Å². The maximum atomic E-state index is 12.2. The third-order valence-corrected chi connectivity index (χ3v) is 3.10. The quantitative estimate of drug-likeness (QED) is 0.261. The predicted octanol–water partition coefficient (Wildman–Crippen LogP) is 3.84. The van der Waals surface area contributed by atoms with Crippen molar-refractivity contribution in [1.82, 2.24) is 16.0 Å². The highest BCUT2D eigenvalue weighted by Crippen LogP contribution is 2.18. The highest BCUT2D eigenvalue weighted by atomic mass is 127. The van der Waals surface area contributed by atoms with Gasteiger partial charge in [-0.1, -0.05) is 12.1 Å². The number of amides is 2. The number of halogens is 4. The zero-order valence-corrected chi connectivity index (χ0v) is 17.9. The molecule has 0 bridgehead atoms. The van der Waals surface area contributed by atoms with E-state index in [1.807, 2.05) is 20.8 Å². The van der Waals surface area contributed by atoms with Gasteiger partial charge in [0.1, 0.15) is 0 Å². The zero-order chi connectivity index (χ0) is 19.6. The van der Waals surface area contributed by atoms with Gasteiger partial charge in [-0.15, -0.1) is 24.0 Å². The number of nitrogens with one attached hydrogen (secondary N) is 4. The van der Waals surface area contributed by atoms with Gasteiger partial charge < -0.3 is 21.3 Å². The van der Waals surface area contributed by atoms with Crippen molar-refractivity contribution in [3.05, 3.63) is 29.8 Å². The van der Waals surface area contributed by atoms with Crippen molar-refractivity contribution in [2.75, 3.05) is 18.4 Å². The molecule has 0 fully saturated rings. The van der Waals surface area contributed by atoms with Crippen molar-refractivity contribution in [2.24, 2.45) is 4.99 Å². The van der Waals surface area contributed by atoms with Crippen LogP contribution in [0.25, 0.3) is 0 Å². The molecule has 0 aliphatic heterocycles. The van der Waals surface area contributed by atoms with Crippen molar-refractivity contribution < 1.29 is 18.0 Å². The van der Waals surface area contributed by atoms with Crippen molar-refractivity contribution >= 4 is 41.7 Å². The van der Waals surface area contributed by atoms with Crippen LogP contribution in [0.3, 0.4) is 0 Å². The largest absolute Gasteiger partial charge is 0.390 e. The average Bonchev–Trinajstić information content (AvgIpc) is 2.52. The third kappa shape index (κ3) is 12.3. The summed E-state index contributed by atoms with van der Waals surface area (Å²) in [6, 6.07) is 6.84. The number of aliphatic imine (C=N–C) groups is 1. The summed E-state index contributed by atoms with van der Waals surface area (Å²) in [5.74, 6) is 0.329. The van der Waals surface area contributed by atoms with Gasteiger partial charge in [-0.05, 0) is 38.5 Å². The topological polar surface area (TPSA) is 77.5 Å². The van der Waals surface area contributed by atoms with Gasteiger partial charge in [0.2, 0.25) is 0 Å². The van der Waals surface area contributed by atoms with E-state index in [9.17, 15) is 18.0 Å². The highest BCUT2D eigenvalue weighted by Gasteiger charge is 2.26. The number of benzene rings is 1. The lowest BCUT2D eigenvalue weighted by atomic mass is 10.2. The number of hydrogen-bond acceptors (Lipinski definition) is 2. The van der Waals surface area contributed by atoms with Crippen molar-refractivity contribution in [3.63, 3.8) is 0 Å². The van der Waals surface area contributed by atoms with Crippen LogP contribution in [0.1, 0.15) is 32.8 Å². The fraction of sp³-hybridized carbons (Fsp3) is 0.529. The first-order chi connectivity index (χ1) is 12.2. The molecule has 0 spiro atoms. The molecule has 2 amide bonds. The van der Waals surface area contributed by atoms with Crippen LogP contribution in [-0.4, -0.2) is 37.3 Å². The lowest BCUT2D eigenvalue weighted by Crippen LogP contribution is -2.38. The van der Waals surface area contributed by atoms with E-state index in [4.69, 9.17) is 0 Å². The molecular formula is C17H27F3IN5O. The summed E-state index contributed by atoms with van der Waals surface area (Å²) >= 11 is 0. The summed E-state index contributed by atoms with van der Waals surface area (Å²) in [4.78, 5) is 15.9. The fourth-order valence-corrected chi connectivity index (χ4v) is 1.96. The Bertz CT molecular complexity index is 591. The number of alkyl halides is 3. The van der Waals surface area contributed by atoms with Gasteiger partial charge in [0.25, 0.3) is 0 Å². The molecule has 27 heavy (non-hydrogen) atoms. The molecule has 0 saturated heterocycles. The molecule has 154 valence electrons. The number of hydrogen-bond donors (Lipinski definition) is 4. The summed E-state index contributed by atoms with van der Waals surface area (Å²) < 4.78 is 36.6. The molecule has 6 nitrogen and oxygen atoms in total. The molecule has 0 aromatic heterocycles. The molecule has 0 saturated carbocycles. The zero-order valence-electron chi connectivity index (χ0n) is 15.6. The molecule has 1 aromatic rings. The van der Waals surface area contributed by atoms with Crippen molar-refractivity contribution in [3.8, 4) is 0 Å². The highest BCUT2D eigenvalue weighted by molar-refractivity contribution is 14.0. The average molecular weight is 501 g/mol. The van der Waals surface area contributed by atoms with Crippen LogP contribution < -0.4 is 21.3 Å². The Hall–Kier alpha value is -1.72. The number of anilines is 1. The number of urea groups is 1. The first-order valence-electron chi connectivity index (χ1n) is 8.45. The van der Waals surface area contributed by atoms with Gasteiger partial charge in [-0.3, -0.25) is 0 Å². The van der Waals surface area contributed by atoms with E-state index in [-0.39, 0.29) is 42.6 Å². The van der Waals surface area contributed by atoms with Gasteiger partial charge in [-0.2, -0.15) is 13.2 Å². The molecule has 0 aliphatic carbocycles. The molecule has 4 N–H and O–H groups in total. The number of rotatable bonds is 7. The number of carbonyl (C=O) groups is 1. The van der Waals surface area contributed by atoms with E-state index in [0.29, 0.717) is 24.7 Å². The number of guanidine groups is 1. The Morgan fingerprint density at radius 1 is 1.15 bits per heavy atom. The Morgan fingerprint density at radius 3 is 2.30 bits per heavy atom. The first kappa shape index (κ1) is 25.3. The van der Waals surface area contributed by atoms with Crippen LogP contribution in [-0.2, 0) is 6.54 Å². The lowest BCUT2D eigenvalue weighted by Gasteiger charge is -2.12. The molecule has 0 unspecified atom stereocenters. The smallest absolute Gasteiger partial charge is 0.357 e. The Balaban J connectivity index is 0.00000676. The van der Waals surface area contributed by atoms with E-state index in [0.717, 1.165) is 5.56 Å². The fourth-order valence-electron chi connectivity index (χ4n) is 1.96. The summed E-state index contributed by atoms with van der Waals surface area (Å²) in [6.07, 6.45) is -5.12. The van der Waals surface area contributed by atoms with Crippen LogP contribution >= 0.6 is 24.0 Å². The number of nitrogens with zero attached hydrogens (tertiary/aromatic N) is 1. The van der Waals surface area contributed by atoms with Gasteiger partial charge in [0.15, 0.2) is 5.96 Å². The Labute approximate surface area is 174 Å². The Kier molecular flexibility index (Phi) is 11.8. The minimum Gasteiger partial charge on any atom is -0.357 e. The van der Waals surface area contributed by atoms with Crippen LogP contribution in [0.2, 0.25) is 0 Å². The predicted molar refractivity (Wildman–Crippen MR) is 113 cm³/mol. The minimum absolute atomic E-state index is 0. The van der Waals surface area contributed by atoms with Crippen molar-refractivity contribution in [1.29, 1.82) is 0 Å². The molecular weight excluding hydrogens is 474 g/mol. The van der Waals surface area contributed by atoms with Gasteiger partial charge in [0, 0.05) is 24.8 Å². The molecule has 1 aromatic carbocycles. The Morgan fingerprint density at radius 2 is 1.78 bits per heavy atom. The van der Waals surface area contributed by atoms with Crippen LogP contribution in [0.5, 0.6) is 0 Å². The first-order valence-corrected chi connectivity index (χ1v) is 8.45. The van der Waals surface area contributed by atoms with Crippen LogP contribution in [0, 0.1) is 0 Å². The SMILES string of the molecule is CCNC(=NCc1ccc(NC(=O)NC(C)C)cc1)NCCC(F)(F)F.I. The van der Waals surface area contributed by atoms with E-state index < -0.39 is 12.6 Å². The summed E-state index contributed by atoms with van der Waals surface area (Å²) in [5.41, 5.74) is 1.51. The third-order valence-electron chi connectivity index (χ3n) is 3.10. The van der Waals surface area contributed by atoms with E-state index in [1.165, 1.54) is 0 Å². The maximum Gasteiger partial charge on any atom is 0.390 e. The van der Waals surface area contributed by atoms with Gasteiger partial charge in [-0.25, -0.2) is 9.79 Å². The lowest BCUT2D eigenvalue weighted by molar-refractivity contribution is -0.132. The summed E-state index contributed by atoms with van der Waals surface area (Å²) in [7, 11) is 0. The molecule has 1 rings (SSSR count). The van der Waals surface area contributed by atoms with Gasteiger partial charge >= 0.3 is 12.2 Å². The second-order valence-electron chi connectivity index (χ2n) is 5.94. The molecule has 10 heteroatoms. The molecule has 0 heterocycles. The van der Waals surface area contributed by atoms with Crippen LogP contribution in [0.15, 0.2) is 29.3 Å². The van der Waals surface area contributed by atoms with E-state index in [2.05, 4.69) is 26.3 Å². The van der Waals surface area contributed by atoms with Crippen molar-refractivity contribution in [2.45, 2.75) is 46.0 Å². The van der Waals surface area contributed by atoms with Crippen LogP contribution in [0.4, 0.5) is 23.7 Å². The molecule has 0 radical (unpaired) electrons.